The summed E-state index contributed by atoms with van der Waals surface area (Å²) in [4.78, 5) is 0. The van der Waals surface area contributed by atoms with Crippen molar-refractivity contribution in [2.75, 3.05) is 0 Å². The van der Waals surface area contributed by atoms with Crippen molar-refractivity contribution < 1.29 is 13.3 Å². The van der Waals surface area contributed by atoms with Crippen molar-refractivity contribution in [2.45, 2.75) is 0 Å². The molecule has 5 heavy (non-hydrogen) atoms. The Morgan fingerprint density at radius 1 is 1.80 bits per heavy atom. The minimum Gasteiger partial charge on any atom is -0.750 e. The summed E-state index contributed by atoms with van der Waals surface area (Å²) in [7, 11) is 0. The van der Waals surface area contributed by atoms with Crippen LogP contribution in [0, 0.1) is 0 Å². The van der Waals surface area contributed by atoms with Crippen molar-refractivity contribution in [3.8, 4) is 0 Å². The summed E-state index contributed by atoms with van der Waals surface area (Å²) in [5.74, 6) is 0. The van der Waals surface area contributed by atoms with Crippen LogP contribution in [0.25, 0.3) is 0 Å². The molecule has 0 aromatic rings. The third kappa shape index (κ3) is 41.7. The minimum atomic E-state index is -2.86. The van der Waals surface area contributed by atoms with E-state index in [4.69, 9.17) is 13.3 Å². The summed E-state index contributed by atoms with van der Waals surface area (Å²) in [6.07, 6.45) is 0. The molecule has 0 saturated heterocycles. The van der Waals surface area contributed by atoms with Crippen LogP contribution in [0.4, 0.5) is 0 Å². The van der Waals surface area contributed by atoms with Gasteiger partial charge in [0.25, 0.3) is 0 Å². The van der Waals surface area contributed by atoms with Gasteiger partial charge in [0, 0.05) is 29.6 Å². The van der Waals surface area contributed by atoms with Crippen LogP contribution >= 0.6 is 0 Å². The average molecular weight is 104 g/mol. The van der Waals surface area contributed by atoms with Gasteiger partial charge in [-0.2, -0.15) is 0 Å². The normalized spacial score (nSPS) is 12.4. The van der Waals surface area contributed by atoms with Crippen molar-refractivity contribution in [3.05, 3.63) is 0 Å². The van der Waals surface area contributed by atoms with Gasteiger partial charge in [0.15, 0.2) is 0 Å². The summed E-state index contributed by atoms with van der Waals surface area (Å²) in [5, 5.41) is 0. The zero-order chi connectivity index (χ0) is 3.58. The van der Waals surface area contributed by atoms with Gasteiger partial charge in [-0.1, -0.05) is 0 Å². The first-order valence-corrected chi connectivity index (χ1v) is 1.55. The molecule has 0 aromatic carbocycles. The van der Waals surface area contributed by atoms with Crippen LogP contribution in [0.15, 0.2) is 0 Å². The van der Waals surface area contributed by atoms with E-state index in [1.807, 2.05) is 0 Å². The van der Waals surface area contributed by atoms with Crippen LogP contribution in [0.5, 0.6) is 0 Å². The predicted molar refractivity (Wildman–Crippen MR) is 17.3 cm³/mol. The van der Waals surface area contributed by atoms with E-state index >= 15 is 0 Å². The zero-order valence-corrected chi connectivity index (χ0v) is 5.49. The Bertz CT molecular complexity index is 29.9. The van der Waals surface area contributed by atoms with Gasteiger partial charge in [-0.25, -0.2) is 4.21 Å². The molecular formula is HNaO3S-. The van der Waals surface area contributed by atoms with Crippen LogP contribution in [-0.2, 0) is 11.4 Å². The second kappa shape index (κ2) is 5.07. The minimum absolute atomic E-state index is 0. The Morgan fingerprint density at radius 2 is 1.80 bits per heavy atom. The van der Waals surface area contributed by atoms with Crippen LogP contribution in [0.1, 0.15) is 0 Å². The first-order chi connectivity index (χ1) is 1.73. The molecule has 0 saturated carbocycles. The molecule has 0 aromatic heterocycles. The number of hydrogen-bond donors (Lipinski definition) is 1. The Morgan fingerprint density at radius 3 is 1.80 bits per heavy atom. The summed E-state index contributed by atoms with van der Waals surface area (Å²) >= 11 is -2.86. The van der Waals surface area contributed by atoms with Crippen molar-refractivity contribution in [3.63, 3.8) is 0 Å². The Hall–Kier alpha value is 1.07. The van der Waals surface area contributed by atoms with Gasteiger partial charge < -0.3 is 9.11 Å². The molecule has 1 atom stereocenters. The topological polar surface area (TPSA) is 60.4 Å². The third-order valence-electron chi connectivity index (χ3n) is 0. The SMILES string of the molecule is O=S([O-])O.[Na]. The van der Waals surface area contributed by atoms with E-state index in [0.29, 0.717) is 0 Å². The molecular weight excluding hydrogens is 103 g/mol. The molecule has 0 amide bonds. The fourth-order valence-corrected chi connectivity index (χ4v) is 0. The molecule has 0 spiro atoms. The van der Waals surface area contributed by atoms with E-state index in [1.54, 1.807) is 0 Å². The van der Waals surface area contributed by atoms with Gasteiger partial charge in [0.2, 0.25) is 0 Å². The summed E-state index contributed by atoms with van der Waals surface area (Å²) in [6.45, 7) is 0. The molecule has 1 radical (unpaired) electrons. The second-order valence-corrected chi connectivity index (χ2v) is 0.651. The van der Waals surface area contributed by atoms with Crippen molar-refractivity contribution >= 4 is 40.9 Å². The maximum atomic E-state index is 8.56. The maximum absolute atomic E-state index is 8.56. The van der Waals surface area contributed by atoms with Gasteiger partial charge in [-0.3, -0.25) is 0 Å². The second-order valence-electron chi connectivity index (χ2n) is 0.217. The molecule has 0 aliphatic heterocycles. The van der Waals surface area contributed by atoms with E-state index in [0.717, 1.165) is 0 Å². The zero-order valence-electron chi connectivity index (χ0n) is 2.67. The molecule has 3 nitrogen and oxygen atoms in total. The molecule has 0 aliphatic carbocycles. The molecule has 1 N–H and O–H groups in total. The summed E-state index contributed by atoms with van der Waals surface area (Å²) in [5.41, 5.74) is 0. The van der Waals surface area contributed by atoms with Crippen molar-refractivity contribution in [2.24, 2.45) is 0 Å². The predicted octanol–water partition coefficient (Wildman–Crippen LogP) is -1.04. The van der Waals surface area contributed by atoms with Crippen LogP contribution in [-0.4, -0.2) is 42.9 Å². The molecule has 5 heteroatoms. The fraction of sp³-hybridized carbons (Fsp3) is 0. The largest absolute Gasteiger partial charge is 0.750 e. The van der Waals surface area contributed by atoms with E-state index in [2.05, 4.69) is 0 Å². The van der Waals surface area contributed by atoms with Crippen LogP contribution < -0.4 is 0 Å². The molecule has 0 bridgehead atoms. The van der Waals surface area contributed by atoms with Gasteiger partial charge >= 0.3 is 0 Å². The van der Waals surface area contributed by atoms with Crippen LogP contribution in [0.3, 0.4) is 0 Å². The summed E-state index contributed by atoms with van der Waals surface area (Å²) in [6, 6.07) is 0. The van der Waals surface area contributed by atoms with E-state index in [1.165, 1.54) is 0 Å². The average Bonchev–Trinajstić information content (AvgIpc) is 0.811. The van der Waals surface area contributed by atoms with E-state index in [-0.39, 0.29) is 29.6 Å². The molecule has 0 rings (SSSR count). The first-order valence-electron chi connectivity index (χ1n) is 0.516. The Balaban J connectivity index is 0. The molecule has 0 fully saturated rings. The quantitative estimate of drug-likeness (QED) is 0.315. The smallest absolute Gasteiger partial charge is 0.0814 e. The number of hydrogen-bond acceptors (Lipinski definition) is 2. The Kier molecular flexibility index (Phi) is 9.55. The van der Waals surface area contributed by atoms with Crippen molar-refractivity contribution in [1.29, 1.82) is 0 Å². The fourth-order valence-electron chi connectivity index (χ4n) is 0. The van der Waals surface area contributed by atoms with Crippen LogP contribution in [0.2, 0.25) is 0 Å². The number of rotatable bonds is 0. The molecule has 0 heterocycles. The summed E-state index contributed by atoms with van der Waals surface area (Å²) < 4.78 is 24.1. The molecule has 0 aliphatic rings. The van der Waals surface area contributed by atoms with Gasteiger partial charge in [0.1, 0.15) is 0 Å². The van der Waals surface area contributed by atoms with Gasteiger partial charge in [-0.15, -0.1) is 0 Å². The van der Waals surface area contributed by atoms with Gasteiger partial charge in [0.05, 0.1) is 11.4 Å². The first kappa shape index (κ1) is 9.42. The van der Waals surface area contributed by atoms with Gasteiger partial charge in [-0.05, 0) is 0 Å². The monoisotopic (exact) mass is 104 g/mol. The third-order valence-corrected chi connectivity index (χ3v) is 0. The molecule has 1 unspecified atom stereocenters. The van der Waals surface area contributed by atoms with E-state index in [9.17, 15) is 0 Å². The van der Waals surface area contributed by atoms with Crippen molar-refractivity contribution in [1.82, 2.24) is 0 Å². The Labute approximate surface area is 54.2 Å². The van der Waals surface area contributed by atoms with E-state index < -0.39 is 11.4 Å². The maximum Gasteiger partial charge on any atom is 0.0814 e. The molecule has 27 valence electrons. The standard InChI is InChI=1S/Na.H2O3S/c;1-4(2)3/h;(H2,1,2,3)/p-1.